The van der Waals surface area contributed by atoms with E-state index >= 15 is 0 Å². The zero-order valence-electron chi connectivity index (χ0n) is 17.4. The Labute approximate surface area is 176 Å². The van der Waals surface area contributed by atoms with Gasteiger partial charge >= 0.3 is 12.0 Å². The number of H-pyrrole nitrogens is 1. The molecule has 1 unspecified atom stereocenters. The quantitative estimate of drug-likeness (QED) is 0.414. The molecule has 1 aliphatic rings. The Morgan fingerprint density at radius 2 is 1.87 bits per heavy atom. The van der Waals surface area contributed by atoms with E-state index in [0.717, 1.165) is 18.2 Å². The summed E-state index contributed by atoms with van der Waals surface area (Å²) in [5.74, 6) is -3.79. The maximum Gasteiger partial charge on any atom is 0.340 e. The molecule has 0 bridgehead atoms. The molecule has 3 rings (SSSR count). The number of nitrogens with one attached hydrogen (secondary N) is 2. The van der Waals surface area contributed by atoms with Crippen molar-refractivity contribution in [2.45, 2.75) is 33.2 Å². The number of ketones is 1. The molecular weight excluding hydrogens is 412 g/mol. The van der Waals surface area contributed by atoms with Gasteiger partial charge in [-0.15, -0.1) is 0 Å². The van der Waals surface area contributed by atoms with Crippen molar-refractivity contribution in [2.24, 2.45) is 0 Å². The van der Waals surface area contributed by atoms with Gasteiger partial charge in [0.15, 0.2) is 5.78 Å². The highest BCUT2D eigenvalue weighted by Crippen LogP contribution is 2.31. The number of carbonyl (C=O) groups excluding carboxylic acids is 4. The smallest absolute Gasteiger partial charge is 0.340 e. The highest BCUT2D eigenvalue weighted by molar-refractivity contribution is 6.11. The Morgan fingerprint density at radius 3 is 2.52 bits per heavy atom. The first-order valence-electron chi connectivity index (χ1n) is 9.50. The molecule has 1 aromatic carbocycles. The number of hydrogen-bond acceptors (Lipinski definition) is 5. The second-order valence-electron chi connectivity index (χ2n) is 7.34. The molecule has 3 amide bonds. The molecule has 164 valence electrons. The summed E-state index contributed by atoms with van der Waals surface area (Å²) in [6, 6.07) is 1.65. The third kappa shape index (κ3) is 3.69. The summed E-state index contributed by atoms with van der Waals surface area (Å²) in [7, 11) is 0. The van der Waals surface area contributed by atoms with Crippen LogP contribution in [0.5, 0.6) is 0 Å². The van der Waals surface area contributed by atoms with Gasteiger partial charge in [-0.05, 0) is 51.5 Å². The molecule has 1 atom stereocenters. The van der Waals surface area contributed by atoms with Crippen LogP contribution in [0.3, 0.4) is 0 Å². The molecule has 2 N–H and O–H groups in total. The minimum absolute atomic E-state index is 0.0479. The lowest BCUT2D eigenvalue weighted by Crippen LogP contribution is -2.42. The number of halogens is 2. The Hall–Kier alpha value is -3.56. The number of ether oxygens (including phenoxy) is 1. The molecule has 8 nitrogen and oxygen atoms in total. The molecule has 1 aliphatic heterocycles. The normalized spacial score (nSPS) is 18.3. The molecule has 0 saturated carbocycles. The lowest BCUT2D eigenvalue weighted by molar-refractivity contribution is -0.130. The van der Waals surface area contributed by atoms with Crippen molar-refractivity contribution in [1.82, 2.24) is 15.2 Å². The highest BCUT2D eigenvalue weighted by atomic mass is 19.1. The van der Waals surface area contributed by atoms with Crippen molar-refractivity contribution >= 4 is 23.7 Å². The Bertz CT molecular complexity index is 1110. The summed E-state index contributed by atoms with van der Waals surface area (Å²) in [4.78, 5) is 53.8. The van der Waals surface area contributed by atoms with Crippen LogP contribution in [0.25, 0.3) is 0 Å². The fourth-order valence-electron chi connectivity index (χ4n) is 3.66. The number of urea groups is 1. The van der Waals surface area contributed by atoms with Crippen molar-refractivity contribution in [3.63, 3.8) is 0 Å². The number of esters is 1. The van der Waals surface area contributed by atoms with Gasteiger partial charge in [0.1, 0.15) is 17.2 Å². The van der Waals surface area contributed by atoms with Crippen LogP contribution in [-0.2, 0) is 15.1 Å². The van der Waals surface area contributed by atoms with Crippen LogP contribution in [0.1, 0.15) is 51.5 Å². The van der Waals surface area contributed by atoms with Gasteiger partial charge in [0, 0.05) is 11.3 Å². The molecule has 0 radical (unpaired) electrons. The molecule has 31 heavy (non-hydrogen) atoms. The van der Waals surface area contributed by atoms with Crippen molar-refractivity contribution < 1.29 is 32.7 Å². The van der Waals surface area contributed by atoms with Crippen molar-refractivity contribution in [3.05, 3.63) is 57.9 Å². The van der Waals surface area contributed by atoms with E-state index in [2.05, 4.69) is 10.3 Å². The van der Waals surface area contributed by atoms with Gasteiger partial charge in [0.2, 0.25) is 0 Å². The maximum atomic E-state index is 14.3. The van der Waals surface area contributed by atoms with Crippen molar-refractivity contribution in [3.8, 4) is 0 Å². The number of nitrogens with zero attached hydrogens (tertiary/aromatic N) is 1. The number of hydrogen-bond donors (Lipinski definition) is 2. The van der Waals surface area contributed by atoms with E-state index in [1.807, 2.05) is 0 Å². The van der Waals surface area contributed by atoms with E-state index in [0.29, 0.717) is 16.2 Å². The fraction of sp³-hybridized carbons (Fsp3) is 0.333. The van der Waals surface area contributed by atoms with E-state index in [4.69, 9.17) is 4.74 Å². The number of aromatic nitrogens is 1. The predicted molar refractivity (Wildman–Crippen MR) is 105 cm³/mol. The lowest BCUT2D eigenvalue weighted by Gasteiger charge is -2.22. The molecule has 2 aromatic rings. The summed E-state index contributed by atoms with van der Waals surface area (Å²) in [6.07, 6.45) is 0. The van der Waals surface area contributed by atoms with Crippen molar-refractivity contribution in [2.75, 3.05) is 13.2 Å². The van der Waals surface area contributed by atoms with Gasteiger partial charge in [-0.1, -0.05) is 0 Å². The Morgan fingerprint density at radius 1 is 1.19 bits per heavy atom. The van der Waals surface area contributed by atoms with E-state index in [-0.39, 0.29) is 23.4 Å². The lowest BCUT2D eigenvalue weighted by atomic mass is 9.91. The molecule has 10 heteroatoms. The fourth-order valence-corrected chi connectivity index (χ4v) is 3.66. The maximum absolute atomic E-state index is 14.3. The van der Waals surface area contributed by atoms with E-state index in [1.54, 1.807) is 20.8 Å². The zero-order chi connectivity index (χ0) is 23.1. The SMILES string of the molecule is CCOC(=O)c1c(C)[nH]c(C(=O)CN2C(=O)NC(C)(c3cc(F)ccc3F)C2=O)c1C. The average Bonchev–Trinajstić information content (AvgIpc) is 3.11. The second kappa shape index (κ2) is 7.93. The van der Waals surface area contributed by atoms with Crippen LogP contribution in [0.2, 0.25) is 0 Å². The second-order valence-corrected chi connectivity index (χ2v) is 7.34. The van der Waals surface area contributed by atoms with Gasteiger partial charge in [-0.3, -0.25) is 14.5 Å². The van der Waals surface area contributed by atoms with Gasteiger partial charge in [-0.25, -0.2) is 18.4 Å². The molecular formula is C21H21F2N3O5. The van der Waals surface area contributed by atoms with Crippen molar-refractivity contribution in [1.29, 1.82) is 0 Å². The van der Waals surface area contributed by atoms with Crippen LogP contribution < -0.4 is 5.32 Å². The first kappa shape index (κ1) is 22.1. The number of aromatic amines is 1. The number of imide groups is 1. The largest absolute Gasteiger partial charge is 0.462 e. The van der Waals surface area contributed by atoms with Crippen LogP contribution in [0, 0.1) is 25.5 Å². The van der Waals surface area contributed by atoms with E-state index < -0.39 is 47.4 Å². The van der Waals surface area contributed by atoms with E-state index in [1.165, 1.54) is 6.92 Å². The zero-order valence-corrected chi connectivity index (χ0v) is 17.4. The minimum atomic E-state index is -1.87. The topological polar surface area (TPSA) is 109 Å². The number of aryl methyl sites for hydroxylation is 1. The third-order valence-corrected chi connectivity index (χ3v) is 5.24. The molecule has 1 aromatic heterocycles. The summed E-state index contributed by atoms with van der Waals surface area (Å²) >= 11 is 0. The molecule has 2 heterocycles. The Kier molecular flexibility index (Phi) is 5.66. The number of rotatable bonds is 6. The highest BCUT2D eigenvalue weighted by Gasteiger charge is 2.51. The van der Waals surface area contributed by atoms with E-state index in [9.17, 15) is 28.0 Å². The van der Waals surface area contributed by atoms with Gasteiger partial charge in [-0.2, -0.15) is 0 Å². The standard InChI is InChI=1S/C21H21F2N3O5/c1-5-31-18(28)16-10(2)17(24-11(16)3)15(27)9-26-19(29)21(4,25-20(26)30)13-8-12(22)6-7-14(13)23/h6-8,24H,5,9H2,1-4H3,(H,25,30). The minimum Gasteiger partial charge on any atom is -0.462 e. The summed E-state index contributed by atoms with van der Waals surface area (Å²) in [5, 5.41) is 2.33. The van der Waals surface area contributed by atoms with Gasteiger partial charge < -0.3 is 15.0 Å². The predicted octanol–water partition coefficient (Wildman–Crippen LogP) is 2.74. The molecule has 1 fully saturated rings. The van der Waals surface area contributed by atoms with Gasteiger partial charge in [0.25, 0.3) is 5.91 Å². The van der Waals surface area contributed by atoms with Crippen LogP contribution >= 0.6 is 0 Å². The third-order valence-electron chi connectivity index (χ3n) is 5.24. The van der Waals surface area contributed by atoms with Gasteiger partial charge in [0.05, 0.1) is 24.4 Å². The number of benzene rings is 1. The van der Waals surface area contributed by atoms with Crippen LogP contribution in [0.4, 0.5) is 13.6 Å². The molecule has 0 aliphatic carbocycles. The average molecular weight is 433 g/mol. The first-order chi connectivity index (χ1) is 14.5. The summed E-state index contributed by atoms with van der Waals surface area (Å²) in [5.41, 5.74) is -1.24. The number of amides is 3. The summed E-state index contributed by atoms with van der Waals surface area (Å²) < 4.78 is 32.9. The Balaban J connectivity index is 1.89. The summed E-state index contributed by atoms with van der Waals surface area (Å²) in [6.45, 7) is 5.52. The van der Waals surface area contributed by atoms with Crippen LogP contribution in [-0.4, -0.2) is 46.7 Å². The number of carbonyl (C=O) groups is 4. The first-order valence-corrected chi connectivity index (χ1v) is 9.50. The monoisotopic (exact) mass is 433 g/mol. The molecule has 0 spiro atoms. The number of Topliss-reactive ketones (excluding diaryl/α,β-unsaturated/α-hetero) is 1. The molecule has 1 saturated heterocycles. The van der Waals surface area contributed by atoms with Crippen LogP contribution in [0.15, 0.2) is 18.2 Å².